The number of benzene rings is 1. The molecule has 0 aliphatic carbocycles. The number of carbonyl (C=O) groups excluding carboxylic acids is 1. The van der Waals surface area contributed by atoms with E-state index in [4.69, 9.17) is 11.2 Å². The van der Waals surface area contributed by atoms with Crippen molar-refractivity contribution >= 4 is 28.6 Å². The molecule has 0 heterocycles. The highest BCUT2D eigenvalue weighted by Crippen LogP contribution is 2.13. The van der Waals surface area contributed by atoms with E-state index in [1.165, 1.54) is 25.7 Å². The molecule has 0 atom stereocenters. The van der Waals surface area contributed by atoms with Crippen LogP contribution in [0.3, 0.4) is 0 Å². The molecule has 1 aromatic rings. The van der Waals surface area contributed by atoms with Crippen molar-refractivity contribution in [1.29, 1.82) is 0 Å². The Bertz CT molecular complexity index is 463. The van der Waals surface area contributed by atoms with Crippen LogP contribution < -0.4 is 0 Å². The Morgan fingerprint density at radius 1 is 1.05 bits per heavy atom. The highest BCUT2D eigenvalue weighted by Gasteiger charge is 2.09. The van der Waals surface area contributed by atoms with Gasteiger partial charge in [-0.05, 0) is 47.6 Å². The van der Waals surface area contributed by atoms with Crippen molar-refractivity contribution in [3.05, 3.63) is 33.4 Å². The number of ether oxygens (including phenoxy) is 1. The van der Waals surface area contributed by atoms with Gasteiger partial charge in [-0.3, -0.25) is 0 Å². The van der Waals surface area contributed by atoms with Crippen LogP contribution in [0.15, 0.2) is 24.3 Å². The van der Waals surface area contributed by atoms with Crippen molar-refractivity contribution in [3.8, 4) is 12.3 Å². The second-order valence-corrected chi connectivity index (χ2v) is 6.21. The molecule has 0 saturated heterocycles. The molecule has 0 aliphatic heterocycles. The first-order chi connectivity index (χ1) is 10.3. The van der Waals surface area contributed by atoms with Gasteiger partial charge in [0.25, 0.3) is 0 Å². The molecular weight excluding hydrogens is 375 g/mol. The van der Waals surface area contributed by atoms with Crippen LogP contribution in [0.2, 0.25) is 0 Å². The van der Waals surface area contributed by atoms with Crippen LogP contribution in [0, 0.1) is 15.9 Å². The molecule has 21 heavy (non-hydrogen) atoms. The van der Waals surface area contributed by atoms with E-state index >= 15 is 0 Å². The lowest BCUT2D eigenvalue weighted by Crippen LogP contribution is -2.08. The van der Waals surface area contributed by atoms with Crippen molar-refractivity contribution in [3.63, 3.8) is 0 Å². The maximum atomic E-state index is 11.9. The van der Waals surface area contributed by atoms with Crippen molar-refractivity contribution in [2.45, 2.75) is 51.4 Å². The number of hydrogen-bond acceptors (Lipinski definition) is 2. The van der Waals surface area contributed by atoms with Gasteiger partial charge in [-0.25, -0.2) is 4.79 Å². The van der Waals surface area contributed by atoms with Crippen LogP contribution in [0.25, 0.3) is 0 Å². The van der Waals surface area contributed by atoms with Gasteiger partial charge in [0.2, 0.25) is 0 Å². The van der Waals surface area contributed by atoms with Crippen LogP contribution in [-0.2, 0) is 4.74 Å². The van der Waals surface area contributed by atoms with Crippen LogP contribution in [-0.4, -0.2) is 12.6 Å². The van der Waals surface area contributed by atoms with Gasteiger partial charge in [0, 0.05) is 9.99 Å². The highest BCUT2D eigenvalue weighted by molar-refractivity contribution is 14.1. The molecule has 2 nitrogen and oxygen atoms in total. The maximum Gasteiger partial charge on any atom is 0.339 e. The van der Waals surface area contributed by atoms with E-state index in [1.807, 2.05) is 18.2 Å². The first-order valence-corrected chi connectivity index (χ1v) is 8.68. The fourth-order valence-corrected chi connectivity index (χ4v) is 2.69. The number of carbonyl (C=O) groups is 1. The molecule has 0 spiro atoms. The largest absolute Gasteiger partial charge is 0.462 e. The predicted molar refractivity (Wildman–Crippen MR) is 95.2 cm³/mol. The Morgan fingerprint density at radius 2 is 1.67 bits per heavy atom. The minimum absolute atomic E-state index is 0.214. The van der Waals surface area contributed by atoms with Gasteiger partial charge in [-0.15, -0.1) is 12.3 Å². The molecule has 0 saturated carbocycles. The number of unbranched alkanes of at least 4 members (excludes halogenated alkanes) is 7. The quantitative estimate of drug-likeness (QED) is 0.234. The zero-order valence-electron chi connectivity index (χ0n) is 12.4. The summed E-state index contributed by atoms with van der Waals surface area (Å²) in [5.41, 5.74) is 0.659. The van der Waals surface area contributed by atoms with Gasteiger partial charge in [0.05, 0.1) is 12.2 Å². The third kappa shape index (κ3) is 8.11. The zero-order chi connectivity index (χ0) is 15.3. The van der Waals surface area contributed by atoms with Gasteiger partial charge < -0.3 is 4.74 Å². The average molecular weight is 398 g/mol. The molecule has 0 N–H and O–H groups in total. The molecule has 0 aromatic heterocycles. The highest BCUT2D eigenvalue weighted by atomic mass is 127. The average Bonchev–Trinajstić information content (AvgIpc) is 2.49. The lowest BCUT2D eigenvalue weighted by Gasteiger charge is -2.06. The number of terminal acetylenes is 1. The van der Waals surface area contributed by atoms with Gasteiger partial charge in [-0.2, -0.15) is 0 Å². The second kappa shape index (κ2) is 11.6. The molecule has 0 unspecified atom stereocenters. The topological polar surface area (TPSA) is 26.3 Å². The van der Waals surface area contributed by atoms with Crippen molar-refractivity contribution in [2.75, 3.05) is 6.61 Å². The molecule has 0 radical (unpaired) electrons. The summed E-state index contributed by atoms with van der Waals surface area (Å²) in [5.74, 6) is 2.45. The summed E-state index contributed by atoms with van der Waals surface area (Å²) in [6.07, 6.45) is 14.2. The normalized spacial score (nSPS) is 10.1. The first-order valence-electron chi connectivity index (χ1n) is 7.61. The van der Waals surface area contributed by atoms with Crippen LogP contribution in [0.1, 0.15) is 61.7 Å². The number of hydrogen-bond donors (Lipinski definition) is 0. The lowest BCUT2D eigenvalue weighted by atomic mass is 10.1. The standard InChI is InChI=1S/C18H23IO2/c1-2-3-4-5-6-7-8-9-12-15-21-18(20)16-13-10-11-14-17(16)19/h1,10-11,13-14H,3-9,12,15H2. The summed E-state index contributed by atoms with van der Waals surface area (Å²) in [7, 11) is 0. The first kappa shape index (κ1) is 18.0. The fourth-order valence-electron chi connectivity index (χ4n) is 2.08. The molecule has 3 heteroatoms. The van der Waals surface area contributed by atoms with Crippen LogP contribution in [0.5, 0.6) is 0 Å². The molecule has 1 rings (SSSR count). The molecule has 0 fully saturated rings. The summed E-state index contributed by atoms with van der Waals surface area (Å²) >= 11 is 2.16. The van der Waals surface area contributed by atoms with E-state index in [-0.39, 0.29) is 5.97 Å². The number of esters is 1. The number of halogens is 1. The monoisotopic (exact) mass is 398 g/mol. The Balaban J connectivity index is 2.01. The van der Waals surface area contributed by atoms with Crippen LogP contribution >= 0.6 is 22.6 Å². The molecule has 114 valence electrons. The van der Waals surface area contributed by atoms with Crippen LogP contribution in [0.4, 0.5) is 0 Å². The zero-order valence-corrected chi connectivity index (χ0v) is 14.6. The molecular formula is C18H23IO2. The molecule has 1 aromatic carbocycles. The Kier molecular flexibility index (Phi) is 9.98. The fraction of sp³-hybridized carbons (Fsp3) is 0.500. The summed E-state index contributed by atoms with van der Waals surface area (Å²) < 4.78 is 6.24. The van der Waals surface area contributed by atoms with Crippen molar-refractivity contribution in [2.24, 2.45) is 0 Å². The Morgan fingerprint density at radius 3 is 2.33 bits per heavy atom. The predicted octanol–water partition coefficient (Wildman–Crippen LogP) is 5.20. The van der Waals surface area contributed by atoms with Gasteiger partial charge in [0.1, 0.15) is 0 Å². The molecule has 0 amide bonds. The summed E-state index contributed by atoms with van der Waals surface area (Å²) in [6, 6.07) is 7.50. The SMILES string of the molecule is C#CCCCCCCCCCOC(=O)c1ccccc1I. The maximum absolute atomic E-state index is 11.9. The summed E-state index contributed by atoms with van der Waals surface area (Å²) in [6.45, 7) is 0.515. The van der Waals surface area contributed by atoms with Gasteiger partial charge >= 0.3 is 5.97 Å². The minimum atomic E-state index is -0.214. The van der Waals surface area contributed by atoms with Gasteiger partial charge in [-0.1, -0.05) is 44.2 Å². The summed E-state index contributed by atoms with van der Waals surface area (Å²) in [5, 5.41) is 0. The van der Waals surface area contributed by atoms with Crippen molar-refractivity contribution in [1.82, 2.24) is 0 Å². The third-order valence-corrected chi connectivity index (χ3v) is 4.23. The molecule has 0 aliphatic rings. The van der Waals surface area contributed by atoms with Gasteiger partial charge in [0.15, 0.2) is 0 Å². The smallest absolute Gasteiger partial charge is 0.339 e. The lowest BCUT2D eigenvalue weighted by molar-refractivity contribution is 0.0496. The van der Waals surface area contributed by atoms with E-state index in [2.05, 4.69) is 28.5 Å². The van der Waals surface area contributed by atoms with E-state index < -0.39 is 0 Å². The molecule has 0 bridgehead atoms. The third-order valence-electron chi connectivity index (χ3n) is 3.29. The van der Waals surface area contributed by atoms with E-state index in [1.54, 1.807) is 6.07 Å². The Hall–Kier alpha value is -1.02. The number of rotatable bonds is 10. The van der Waals surface area contributed by atoms with E-state index in [0.717, 1.165) is 29.3 Å². The summed E-state index contributed by atoms with van der Waals surface area (Å²) in [4.78, 5) is 11.9. The second-order valence-electron chi connectivity index (χ2n) is 5.04. The minimum Gasteiger partial charge on any atom is -0.462 e. The Labute approximate surface area is 141 Å². The van der Waals surface area contributed by atoms with E-state index in [9.17, 15) is 4.79 Å². The van der Waals surface area contributed by atoms with Crippen molar-refractivity contribution < 1.29 is 9.53 Å². The van der Waals surface area contributed by atoms with E-state index in [0.29, 0.717) is 12.2 Å².